The lowest BCUT2D eigenvalue weighted by atomic mass is 9.98. The van der Waals surface area contributed by atoms with Crippen LogP contribution >= 0.6 is 0 Å². The average Bonchev–Trinajstić information content (AvgIpc) is 2.88. The van der Waals surface area contributed by atoms with Gasteiger partial charge in [-0.15, -0.1) is 0 Å². The fourth-order valence-electron chi connectivity index (χ4n) is 4.50. The quantitative estimate of drug-likeness (QED) is 0.739. The van der Waals surface area contributed by atoms with Crippen LogP contribution in [0.4, 0.5) is 0 Å². The van der Waals surface area contributed by atoms with Crippen molar-refractivity contribution in [3.8, 4) is 0 Å². The molecule has 5 rings (SSSR count). The van der Waals surface area contributed by atoms with E-state index in [9.17, 15) is 5.11 Å². The van der Waals surface area contributed by atoms with Crippen LogP contribution in [0.3, 0.4) is 0 Å². The van der Waals surface area contributed by atoms with Crippen LogP contribution in [-0.4, -0.2) is 5.11 Å². The van der Waals surface area contributed by atoms with Gasteiger partial charge in [0.1, 0.15) is 11.2 Å². The van der Waals surface area contributed by atoms with Gasteiger partial charge in [0.05, 0.1) is 6.10 Å². The Labute approximate surface area is 123 Å². The maximum Gasteiger partial charge on any atom is 0.135 e. The van der Waals surface area contributed by atoms with Gasteiger partial charge in [-0.1, -0.05) is 30.7 Å². The summed E-state index contributed by atoms with van der Waals surface area (Å²) in [5.41, 5.74) is 2.87. The van der Waals surface area contributed by atoms with E-state index in [1.54, 1.807) is 0 Å². The van der Waals surface area contributed by atoms with E-state index in [1.807, 2.05) is 30.3 Å². The molecule has 0 aliphatic heterocycles. The summed E-state index contributed by atoms with van der Waals surface area (Å²) in [6.45, 7) is 0. The molecule has 2 aliphatic carbocycles. The second kappa shape index (κ2) is 4.11. The third kappa shape index (κ3) is 1.63. The normalized spacial score (nSPS) is 28.9. The van der Waals surface area contributed by atoms with Crippen molar-refractivity contribution in [1.29, 1.82) is 0 Å². The number of hydrogen-bond acceptors (Lipinski definition) is 2. The minimum Gasteiger partial charge on any atom is -0.456 e. The Kier molecular flexibility index (Phi) is 2.31. The van der Waals surface area contributed by atoms with E-state index in [2.05, 4.69) is 12.1 Å². The van der Waals surface area contributed by atoms with Crippen LogP contribution in [-0.2, 0) is 0 Å². The number of furan rings is 1. The molecule has 0 bridgehead atoms. The van der Waals surface area contributed by atoms with Crippen LogP contribution in [0.25, 0.3) is 21.9 Å². The molecule has 3 aromatic rings. The number of aliphatic hydroxyl groups excluding tert-OH is 1. The molecule has 2 nitrogen and oxygen atoms in total. The number of hydrogen-bond donors (Lipinski definition) is 1. The van der Waals surface area contributed by atoms with Crippen LogP contribution in [0.5, 0.6) is 0 Å². The van der Waals surface area contributed by atoms with E-state index >= 15 is 0 Å². The topological polar surface area (TPSA) is 33.4 Å². The van der Waals surface area contributed by atoms with Crippen molar-refractivity contribution >= 4 is 21.9 Å². The molecule has 2 aliphatic rings. The molecule has 0 radical (unpaired) electrons. The van der Waals surface area contributed by atoms with E-state index in [0.29, 0.717) is 5.92 Å². The molecule has 1 N–H and O–H groups in total. The molecular formula is C19H18O2. The lowest BCUT2D eigenvalue weighted by Crippen LogP contribution is -2.04. The minimum atomic E-state index is -0.307. The van der Waals surface area contributed by atoms with Gasteiger partial charge >= 0.3 is 0 Å². The predicted molar refractivity (Wildman–Crippen MR) is 83.0 cm³/mol. The summed E-state index contributed by atoms with van der Waals surface area (Å²) in [7, 11) is 0. The van der Waals surface area contributed by atoms with E-state index < -0.39 is 0 Å². The van der Waals surface area contributed by atoms with Gasteiger partial charge in [0, 0.05) is 10.8 Å². The molecule has 106 valence electrons. The van der Waals surface area contributed by atoms with Crippen molar-refractivity contribution in [2.75, 3.05) is 0 Å². The first-order chi connectivity index (χ1) is 10.3. The van der Waals surface area contributed by atoms with E-state index in [-0.39, 0.29) is 6.10 Å². The number of benzene rings is 2. The lowest BCUT2D eigenvalue weighted by Gasteiger charge is -2.13. The maximum atomic E-state index is 10.7. The Hall–Kier alpha value is -1.80. The Morgan fingerprint density at radius 1 is 0.952 bits per heavy atom. The molecule has 2 fully saturated rings. The van der Waals surface area contributed by atoms with Crippen LogP contribution in [0.1, 0.15) is 30.9 Å². The Bertz CT molecular complexity index is 822. The smallest absolute Gasteiger partial charge is 0.135 e. The van der Waals surface area contributed by atoms with Crippen molar-refractivity contribution < 1.29 is 9.52 Å². The first kappa shape index (κ1) is 11.8. The molecule has 2 saturated carbocycles. The summed E-state index contributed by atoms with van der Waals surface area (Å²) in [6, 6.07) is 14.3. The van der Waals surface area contributed by atoms with Crippen LogP contribution in [0, 0.1) is 17.8 Å². The highest BCUT2D eigenvalue weighted by Crippen LogP contribution is 2.62. The summed E-state index contributed by atoms with van der Waals surface area (Å²) >= 11 is 0. The molecule has 21 heavy (non-hydrogen) atoms. The Morgan fingerprint density at radius 2 is 1.71 bits per heavy atom. The monoisotopic (exact) mass is 278 g/mol. The van der Waals surface area contributed by atoms with E-state index in [0.717, 1.165) is 39.3 Å². The first-order valence-corrected chi connectivity index (χ1v) is 7.92. The third-order valence-corrected chi connectivity index (χ3v) is 5.58. The maximum absolute atomic E-state index is 10.7. The van der Waals surface area contributed by atoms with Gasteiger partial charge in [-0.2, -0.15) is 0 Å². The van der Waals surface area contributed by atoms with E-state index in [4.69, 9.17) is 4.42 Å². The SMILES string of the molecule is OC(c1ccc2oc3ccccc3c2c1)C1C2CCCC21. The lowest BCUT2D eigenvalue weighted by molar-refractivity contribution is 0.137. The zero-order valence-electron chi connectivity index (χ0n) is 11.8. The molecule has 0 saturated heterocycles. The highest BCUT2D eigenvalue weighted by Gasteiger charge is 2.55. The molecule has 3 atom stereocenters. The zero-order valence-corrected chi connectivity index (χ0v) is 11.8. The minimum absolute atomic E-state index is 0.307. The highest BCUT2D eigenvalue weighted by atomic mass is 16.3. The molecule has 1 heterocycles. The molecule has 0 spiro atoms. The van der Waals surface area contributed by atoms with Crippen LogP contribution in [0.2, 0.25) is 0 Å². The summed E-state index contributed by atoms with van der Waals surface area (Å²) in [6.07, 6.45) is 3.66. The van der Waals surface area contributed by atoms with Gasteiger partial charge < -0.3 is 9.52 Å². The second-order valence-electron chi connectivity index (χ2n) is 6.63. The Balaban J connectivity index is 1.59. The standard InChI is InChI=1S/C19H18O2/c20-19(18-13-5-3-6-14(13)18)11-8-9-17-15(10-11)12-4-1-2-7-16(12)21-17/h1-2,4,7-10,13-14,18-20H,3,5-6H2. The van der Waals surface area contributed by atoms with Crippen LogP contribution < -0.4 is 0 Å². The molecule has 2 aromatic carbocycles. The fraction of sp³-hybridized carbons (Fsp3) is 0.368. The third-order valence-electron chi connectivity index (χ3n) is 5.58. The van der Waals surface area contributed by atoms with Crippen molar-refractivity contribution in [1.82, 2.24) is 0 Å². The molecular weight excluding hydrogens is 260 g/mol. The van der Waals surface area contributed by atoms with Crippen molar-refractivity contribution in [2.45, 2.75) is 25.4 Å². The van der Waals surface area contributed by atoms with E-state index in [1.165, 1.54) is 19.3 Å². The van der Waals surface area contributed by atoms with Gasteiger partial charge in [-0.25, -0.2) is 0 Å². The summed E-state index contributed by atoms with van der Waals surface area (Å²) in [5, 5.41) is 13.0. The number of fused-ring (bicyclic) bond motifs is 4. The highest BCUT2D eigenvalue weighted by molar-refractivity contribution is 6.05. The van der Waals surface area contributed by atoms with Crippen molar-refractivity contribution in [3.05, 3.63) is 48.0 Å². The molecule has 0 amide bonds. The number of rotatable bonds is 2. The summed E-state index contributed by atoms with van der Waals surface area (Å²) in [4.78, 5) is 0. The van der Waals surface area contributed by atoms with Gasteiger partial charge in [0.15, 0.2) is 0 Å². The average molecular weight is 278 g/mol. The Morgan fingerprint density at radius 3 is 2.57 bits per heavy atom. The van der Waals surface area contributed by atoms with Crippen LogP contribution in [0.15, 0.2) is 46.9 Å². The molecule has 2 heteroatoms. The number of aliphatic hydroxyl groups is 1. The number of para-hydroxylation sites is 1. The van der Waals surface area contributed by atoms with Gasteiger partial charge in [0.25, 0.3) is 0 Å². The molecule has 1 aromatic heterocycles. The predicted octanol–water partition coefficient (Wildman–Crippen LogP) is 4.67. The summed E-state index contributed by atoms with van der Waals surface area (Å²) < 4.78 is 5.86. The van der Waals surface area contributed by atoms with Gasteiger partial charge in [0.2, 0.25) is 0 Å². The van der Waals surface area contributed by atoms with Gasteiger partial charge in [-0.05, 0) is 54.4 Å². The second-order valence-corrected chi connectivity index (χ2v) is 6.63. The summed E-state index contributed by atoms with van der Waals surface area (Å²) in [5.74, 6) is 2.04. The fourth-order valence-corrected chi connectivity index (χ4v) is 4.50. The van der Waals surface area contributed by atoms with Crippen molar-refractivity contribution in [3.63, 3.8) is 0 Å². The van der Waals surface area contributed by atoms with Crippen molar-refractivity contribution in [2.24, 2.45) is 17.8 Å². The van der Waals surface area contributed by atoms with Gasteiger partial charge in [-0.3, -0.25) is 0 Å². The first-order valence-electron chi connectivity index (χ1n) is 7.92. The molecule has 3 unspecified atom stereocenters. The zero-order chi connectivity index (χ0) is 14.0. The largest absolute Gasteiger partial charge is 0.456 e.